The van der Waals surface area contributed by atoms with Crippen LogP contribution in [0.1, 0.15) is 30.5 Å². The van der Waals surface area contributed by atoms with Gasteiger partial charge in [-0.05, 0) is 37.1 Å². The second kappa shape index (κ2) is 6.07. The number of aryl methyl sites for hydroxylation is 1. The van der Waals surface area contributed by atoms with Gasteiger partial charge in [0.2, 0.25) is 0 Å². The molecule has 0 aromatic heterocycles. The average Bonchev–Trinajstić information content (AvgIpc) is 2.41. The van der Waals surface area contributed by atoms with Crippen molar-refractivity contribution in [3.05, 3.63) is 64.4 Å². The zero-order valence-corrected chi connectivity index (χ0v) is 11.8. The Morgan fingerprint density at radius 1 is 1.16 bits per heavy atom. The van der Waals surface area contributed by atoms with Gasteiger partial charge in [0.05, 0.1) is 11.7 Å². The lowest BCUT2D eigenvalue weighted by molar-refractivity contribution is 0.624. The van der Waals surface area contributed by atoms with Gasteiger partial charge in [-0.15, -0.1) is 0 Å². The lowest BCUT2D eigenvalue weighted by atomic mass is 10.0. The second-order valence-corrected chi connectivity index (χ2v) is 5.08. The predicted octanol–water partition coefficient (Wildman–Crippen LogP) is 5.35. The first-order valence-electron chi connectivity index (χ1n) is 6.38. The van der Waals surface area contributed by atoms with Crippen molar-refractivity contribution in [1.29, 1.82) is 0 Å². The molecule has 0 radical (unpaired) electrons. The molecule has 2 rings (SSSR count). The van der Waals surface area contributed by atoms with Crippen LogP contribution in [-0.2, 0) is 0 Å². The molecule has 0 bridgehead atoms. The van der Waals surface area contributed by atoms with E-state index in [1.165, 1.54) is 11.6 Å². The Morgan fingerprint density at radius 3 is 2.47 bits per heavy atom. The second-order valence-electron chi connectivity index (χ2n) is 4.64. The number of hydrogen-bond donors (Lipinski definition) is 1. The maximum Gasteiger partial charge on any atom is 0.146 e. The van der Waals surface area contributed by atoms with E-state index < -0.39 is 0 Å². The molecule has 1 nitrogen and oxygen atoms in total. The van der Waals surface area contributed by atoms with Crippen LogP contribution in [0, 0.1) is 12.7 Å². The van der Waals surface area contributed by atoms with Gasteiger partial charge in [0.25, 0.3) is 0 Å². The highest BCUT2D eigenvalue weighted by molar-refractivity contribution is 6.30. The molecule has 0 fully saturated rings. The Kier molecular flexibility index (Phi) is 4.43. The summed E-state index contributed by atoms with van der Waals surface area (Å²) in [4.78, 5) is 0. The van der Waals surface area contributed by atoms with Crippen molar-refractivity contribution >= 4 is 17.3 Å². The van der Waals surface area contributed by atoms with Gasteiger partial charge in [-0.3, -0.25) is 0 Å². The van der Waals surface area contributed by atoms with Crippen LogP contribution in [0.2, 0.25) is 5.02 Å². The third kappa shape index (κ3) is 3.48. The summed E-state index contributed by atoms with van der Waals surface area (Å²) in [5, 5.41) is 3.74. The predicted molar refractivity (Wildman–Crippen MR) is 79.2 cm³/mol. The highest BCUT2D eigenvalue weighted by Crippen LogP contribution is 2.26. The fourth-order valence-corrected chi connectivity index (χ4v) is 2.19. The van der Waals surface area contributed by atoms with E-state index in [4.69, 9.17) is 11.6 Å². The smallest absolute Gasteiger partial charge is 0.146 e. The monoisotopic (exact) mass is 277 g/mol. The van der Waals surface area contributed by atoms with Gasteiger partial charge in [0, 0.05) is 5.02 Å². The molecule has 0 aliphatic rings. The minimum absolute atomic E-state index is 0.0774. The van der Waals surface area contributed by atoms with Crippen molar-refractivity contribution in [3.8, 4) is 0 Å². The first kappa shape index (κ1) is 13.9. The third-order valence-corrected chi connectivity index (χ3v) is 3.38. The van der Waals surface area contributed by atoms with E-state index in [9.17, 15) is 4.39 Å². The minimum Gasteiger partial charge on any atom is -0.376 e. The molecule has 0 aliphatic carbocycles. The van der Waals surface area contributed by atoms with E-state index in [0.717, 1.165) is 12.0 Å². The third-order valence-electron chi connectivity index (χ3n) is 3.15. The van der Waals surface area contributed by atoms with Crippen LogP contribution in [0.5, 0.6) is 0 Å². The van der Waals surface area contributed by atoms with Gasteiger partial charge < -0.3 is 5.32 Å². The van der Waals surface area contributed by atoms with Crippen molar-refractivity contribution in [3.63, 3.8) is 0 Å². The van der Waals surface area contributed by atoms with Crippen LogP contribution in [0.4, 0.5) is 10.1 Å². The zero-order chi connectivity index (χ0) is 13.8. The molecule has 2 aromatic rings. The number of hydrogen-bond acceptors (Lipinski definition) is 1. The van der Waals surface area contributed by atoms with Gasteiger partial charge in [-0.1, -0.05) is 48.4 Å². The maximum absolute atomic E-state index is 13.7. The van der Waals surface area contributed by atoms with E-state index in [1.807, 2.05) is 0 Å². The summed E-state index contributed by atoms with van der Waals surface area (Å²) in [5.74, 6) is -0.282. The number of anilines is 1. The SMILES string of the molecule is CCC(Nc1cc(Cl)ccc1F)c1ccc(C)cc1. The van der Waals surface area contributed by atoms with Gasteiger partial charge in [-0.2, -0.15) is 0 Å². The highest BCUT2D eigenvalue weighted by Gasteiger charge is 2.11. The summed E-state index contributed by atoms with van der Waals surface area (Å²) in [5.41, 5.74) is 2.81. The van der Waals surface area contributed by atoms with Crippen molar-refractivity contribution in [2.24, 2.45) is 0 Å². The van der Waals surface area contributed by atoms with E-state index in [-0.39, 0.29) is 11.9 Å². The Morgan fingerprint density at radius 2 is 1.84 bits per heavy atom. The molecule has 100 valence electrons. The first-order chi connectivity index (χ1) is 9.10. The Balaban J connectivity index is 2.23. The van der Waals surface area contributed by atoms with E-state index in [1.54, 1.807) is 12.1 Å². The fourth-order valence-electron chi connectivity index (χ4n) is 2.02. The van der Waals surface area contributed by atoms with E-state index in [2.05, 4.69) is 43.4 Å². The number of nitrogens with one attached hydrogen (secondary N) is 1. The summed E-state index contributed by atoms with van der Waals surface area (Å²) in [6.45, 7) is 4.12. The van der Waals surface area contributed by atoms with Gasteiger partial charge in [-0.25, -0.2) is 4.39 Å². The molecule has 1 atom stereocenters. The topological polar surface area (TPSA) is 12.0 Å². The molecule has 3 heteroatoms. The number of halogens is 2. The fraction of sp³-hybridized carbons (Fsp3) is 0.250. The Labute approximate surface area is 118 Å². The number of rotatable bonds is 4. The minimum atomic E-state index is -0.282. The molecule has 0 amide bonds. The molecule has 0 heterocycles. The van der Waals surface area contributed by atoms with Crippen LogP contribution in [-0.4, -0.2) is 0 Å². The first-order valence-corrected chi connectivity index (χ1v) is 6.76. The Bertz CT molecular complexity index is 551. The maximum atomic E-state index is 13.7. The van der Waals surface area contributed by atoms with Crippen LogP contribution < -0.4 is 5.32 Å². The molecule has 0 saturated carbocycles. The standard InChI is InChI=1S/C16H17ClFN/c1-3-15(12-6-4-11(2)5-7-12)19-16-10-13(17)8-9-14(16)18/h4-10,15,19H,3H2,1-2H3. The zero-order valence-electron chi connectivity index (χ0n) is 11.1. The van der Waals surface area contributed by atoms with Crippen molar-refractivity contribution < 1.29 is 4.39 Å². The van der Waals surface area contributed by atoms with Crippen molar-refractivity contribution in [2.45, 2.75) is 26.3 Å². The molecule has 0 aliphatic heterocycles. The lowest BCUT2D eigenvalue weighted by Crippen LogP contribution is -2.10. The summed E-state index contributed by atoms with van der Waals surface area (Å²) in [7, 11) is 0. The van der Waals surface area contributed by atoms with Crippen LogP contribution in [0.25, 0.3) is 0 Å². The van der Waals surface area contributed by atoms with Crippen LogP contribution in [0.15, 0.2) is 42.5 Å². The summed E-state index contributed by atoms with van der Waals surface area (Å²) >= 11 is 5.90. The summed E-state index contributed by atoms with van der Waals surface area (Å²) in [6.07, 6.45) is 0.870. The van der Waals surface area contributed by atoms with Gasteiger partial charge in [0.15, 0.2) is 0 Å². The number of benzene rings is 2. The average molecular weight is 278 g/mol. The van der Waals surface area contributed by atoms with Gasteiger partial charge >= 0.3 is 0 Å². The van der Waals surface area contributed by atoms with E-state index in [0.29, 0.717) is 10.7 Å². The molecule has 2 aromatic carbocycles. The molecule has 0 saturated heterocycles. The van der Waals surface area contributed by atoms with E-state index >= 15 is 0 Å². The quantitative estimate of drug-likeness (QED) is 0.794. The molecular weight excluding hydrogens is 261 g/mol. The molecule has 1 unspecified atom stereocenters. The molecule has 19 heavy (non-hydrogen) atoms. The lowest BCUT2D eigenvalue weighted by Gasteiger charge is -2.19. The van der Waals surface area contributed by atoms with Crippen molar-refractivity contribution in [1.82, 2.24) is 0 Å². The summed E-state index contributed by atoms with van der Waals surface area (Å²) < 4.78 is 13.7. The van der Waals surface area contributed by atoms with Crippen LogP contribution in [0.3, 0.4) is 0 Å². The molecule has 0 spiro atoms. The normalized spacial score (nSPS) is 12.2. The highest BCUT2D eigenvalue weighted by atomic mass is 35.5. The van der Waals surface area contributed by atoms with Crippen molar-refractivity contribution in [2.75, 3.05) is 5.32 Å². The summed E-state index contributed by atoms with van der Waals surface area (Å²) in [6, 6.07) is 12.9. The Hall–Kier alpha value is -1.54. The van der Waals surface area contributed by atoms with Crippen LogP contribution >= 0.6 is 11.6 Å². The van der Waals surface area contributed by atoms with Gasteiger partial charge in [0.1, 0.15) is 5.82 Å². The largest absolute Gasteiger partial charge is 0.376 e. The molecular formula is C16H17ClFN. The molecule has 1 N–H and O–H groups in total.